The van der Waals surface area contributed by atoms with Crippen LogP contribution in [0.4, 0.5) is 5.69 Å². The van der Waals surface area contributed by atoms with Crippen molar-refractivity contribution in [1.82, 2.24) is 4.98 Å². The van der Waals surface area contributed by atoms with Gasteiger partial charge < -0.3 is 21.4 Å². The molecule has 5 nitrogen and oxygen atoms in total. The number of hydrogen-bond acceptors (Lipinski definition) is 4. The van der Waals surface area contributed by atoms with E-state index in [4.69, 9.17) is 11.1 Å². The Kier molecular flexibility index (Phi) is 5.20. The smallest absolute Gasteiger partial charge is 0.271 e. The number of anilines is 1. The van der Waals surface area contributed by atoms with Crippen molar-refractivity contribution in [2.75, 3.05) is 5.32 Å². The van der Waals surface area contributed by atoms with Gasteiger partial charge in [-0.25, -0.2) is 0 Å². The first-order valence-corrected chi connectivity index (χ1v) is 7.60. The summed E-state index contributed by atoms with van der Waals surface area (Å²) < 4.78 is 0. The van der Waals surface area contributed by atoms with Crippen LogP contribution >= 0.6 is 0 Å². The third-order valence-electron chi connectivity index (χ3n) is 4.36. The molecule has 0 saturated heterocycles. The van der Waals surface area contributed by atoms with E-state index in [2.05, 4.69) is 17.2 Å². The molecule has 1 saturated carbocycles. The molecule has 0 unspecified atom stereocenters. The normalized spacial score (nSPS) is 22.8. The maximum atomic E-state index is 11.9. The average molecular weight is 288 g/mol. The summed E-state index contributed by atoms with van der Waals surface area (Å²) in [4.78, 5) is 14.6. The van der Waals surface area contributed by atoms with Crippen molar-refractivity contribution in [3.63, 3.8) is 0 Å². The van der Waals surface area contributed by atoms with Crippen molar-refractivity contribution < 1.29 is 0 Å². The first kappa shape index (κ1) is 15.4. The molecule has 21 heavy (non-hydrogen) atoms. The fourth-order valence-electron chi connectivity index (χ4n) is 2.92. The lowest BCUT2D eigenvalue weighted by Gasteiger charge is -2.28. The number of aromatic amines is 1. The highest BCUT2D eigenvalue weighted by molar-refractivity contribution is 6.08. The van der Waals surface area contributed by atoms with Crippen LogP contribution in [-0.4, -0.2) is 17.2 Å². The Morgan fingerprint density at radius 2 is 2.19 bits per heavy atom. The Bertz CT molecular complexity index is 568. The minimum absolute atomic E-state index is 0.127. The zero-order valence-electron chi connectivity index (χ0n) is 12.5. The van der Waals surface area contributed by atoms with Crippen LogP contribution < -0.4 is 16.6 Å². The van der Waals surface area contributed by atoms with Gasteiger partial charge >= 0.3 is 0 Å². The molecule has 1 aliphatic rings. The Morgan fingerprint density at radius 3 is 2.76 bits per heavy atom. The summed E-state index contributed by atoms with van der Waals surface area (Å²) in [6, 6.07) is 2.13. The first-order chi connectivity index (χ1) is 10.2. The van der Waals surface area contributed by atoms with E-state index >= 15 is 0 Å². The number of nitrogens with two attached hydrogens (primary N) is 1. The lowest BCUT2D eigenvalue weighted by atomic mass is 9.84. The van der Waals surface area contributed by atoms with Crippen LogP contribution in [0.2, 0.25) is 0 Å². The second kappa shape index (κ2) is 7.11. The third-order valence-corrected chi connectivity index (χ3v) is 4.36. The Morgan fingerprint density at radius 1 is 1.48 bits per heavy atom. The largest absolute Gasteiger partial charge is 0.404 e. The van der Waals surface area contributed by atoms with E-state index in [9.17, 15) is 4.79 Å². The van der Waals surface area contributed by atoms with Gasteiger partial charge in [0, 0.05) is 35.8 Å². The molecular weight excluding hydrogens is 264 g/mol. The molecule has 0 bridgehead atoms. The minimum atomic E-state index is -0.127. The fraction of sp³-hybridized carbons (Fsp3) is 0.500. The Hall–Kier alpha value is -2.04. The molecule has 0 aromatic carbocycles. The van der Waals surface area contributed by atoms with Gasteiger partial charge in [0.05, 0.1) is 0 Å². The predicted octanol–water partition coefficient (Wildman–Crippen LogP) is 2.70. The topological polar surface area (TPSA) is 94.8 Å². The van der Waals surface area contributed by atoms with Gasteiger partial charge in [0.1, 0.15) is 5.69 Å². The molecule has 0 aliphatic heterocycles. The number of rotatable bonds is 5. The van der Waals surface area contributed by atoms with Crippen molar-refractivity contribution in [2.24, 2.45) is 11.7 Å². The van der Waals surface area contributed by atoms with E-state index in [1.165, 1.54) is 31.7 Å². The highest BCUT2D eigenvalue weighted by Gasteiger charge is 2.20. The zero-order valence-corrected chi connectivity index (χ0v) is 12.5. The Labute approximate surface area is 125 Å². The van der Waals surface area contributed by atoms with Crippen LogP contribution in [0, 0.1) is 11.3 Å². The summed E-state index contributed by atoms with van der Waals surface area (Å²) in [5, 5.41) is 10.7. The first-order valence-electron chi connectivity index (χ1n) is 7.60. The van der Waals surface area contributed by atoms with Crippen molar-refractivity contribution in [3.05, 3.63) is 34.4 Å². The number of nitrogens with one attached hydrogen (secondary N) is 3. The quantitative estimate of drug-likeness (QED) is 0.627. The van der Waals surface area contributed by atoms with Gasteiger partial charge in [-0.3, -0.25) is 4.79 Å². The summed E-state index contributed by atoms with van der Waals surface area (Å²) in [7, 11) is 0. The molecule has 1 aromatic rings. The fourth-order valence-corrected chi connectivity index (χ4v) is 2.92. The number of aromatic nitrogens is 1. The van der Waals surface area contributed by atoms with Crippen LogP contribution in [0.1, 0.15) is 44.6 Å². The highest BCUT2D eigenvalue weighted by Crippen LogP contribution is 2.28. The van der Waals surface area contributed by atoms with Crippen LogP contribution in [0.25, 0.3) is 5.57 Å². The van der Waals surface area contributed by atoms with Crippen LogP contribution in [0.3, 0.4) is 0 Å². The molecule has 1 aromatic heterocycles. The van der Waals surface area contributed by atoms with E-state index < -0.39 is 0 Å². The number of H-pyrrole nitrogens is 1. The van der Waals surface area contributed by atoms with Crippen molar-refractivity contribution in [3.8, 4) is 0 Å². The molecule has 1 fully saturated rings. The van der Waals surface area contributed by atoms with E-state index in [0.29, 0.717) is 17.3 Å². The highest BCUT2D eigenvalue weighted by atomic mass is 16.1. The molecule has 0 amide bonds. The molecule has 1 heterocycles. The van der Waals surface area contributed by atoms with Gasteiger partial charge in [-0.1, -0.05) is 13.3 Å². The van der Waals surface area contributed by atoms with Gasteiger partial charge in [0.25, 0.3) is 5.56 Å². The molecule has 0 radical (unpaired) electrons. The molecule has 5 N–H and O–H groups in total. The molecule has 2 rings (SSSR count). The minimum Gasteiger partial charge on any atom is -0.404 e. The Balaban J connectivity index is 2.11. The summed E-state index contributed by atoms with van der Waals surface area (Å²) in [5.74, 6) is 0.831. The van der Waals surface area contributed by atoms with Crippen LogP contribution in [0.5, 0.6) is 0 Å². The molecule has 0 spiro atoms. The molecular formula is C16H24N4O. The number of hydrogen-bond donors (Lipinski definition) is 4. The van der Waals surface area contributed by atoms with Crippen LogP contribution in [-0.2, 0) is 0 Å². The summed E-state index contributed by atoms with van der Waals surface area (Å²) in [5.41, 5.74) is 7.26. The zero-order chi connectivity index (χ0) is 15.2. The van der Waals surface area contributed by atoms with Gasteiger partial charge in [-0.2, -0.15) is 0 Å². The summed E-state index contributed by atoms with van der Waals surface area (Å²) in [6.45, 7) is 2.24. The second-order valence-electron chi connectivity index (χ2n) is 5.67. The maximum Gasteiger partial charge on any atom is 0.271 e. The van der Waals surface area contributed by atoms with E-state index in [1.54, 1.807) is 12.3 Å². The van der Waals surface area contributed by atoms with Gasteiger partial charge in [-0.05, 0) is 37.7 Å². The number of allylic oxidation sites excluding steroid dienone is 1. The number of pyridine rings is 1. The van der Waals surface area contributed by atoms with Gasteiger partial charge in [-0.15, -0.1) is 0 Å². The summed E-state index contributed by atoms with van der Waals surface area (Å²) in [6.07, 6.45) is 10.0. The lowest BCUT2D eigenvalue weighted by molar-refractivity contribution is 0.330. The van der Waals surface area contributed by atoms with E-state index in [1.807, 2.05) is 0 Å². The van der Waals surface area contributed by atoms with Crippen LogP contribution in [0.15, 0.2) is 23.3 Å². The van der Waals surface area contributed by atoms with Crippen molar-refractivity contribution in [1.29, 1.82) is 5.41 Å². The molecule has 114 valence electrons. The lowest BCUT2D eigenvalue weighted by Crippen LogP contribution is -2.28. The molecule has 1 aliphatic carbocycles. The van der Waals surface area contributed by atoms with Gasteiger partial charge in [0.2, 0.25) is 0 Å². The summed E-state index contributed by atoms with van der Waals surface area (Å²) >= 11 is 0. The molecule has 5 heteroatoms. The van der Waals surface area contributed by atoms with E-state index in [0.717, 1.165) is 24.3 Å². The van der Waals surface area contributed by atoms with E-state index in [-0.39, 0.29) is 5.56 Å². The SMILES string of the molecule is CC[C@H]1CC[C@H](Nc2cc(/C(C=N)=C/N)c[nH]c2=O)CC1. The maximum absolute atomic E-state index is 11.9. The van der Waals surface area contributed by atoms with Gasteiger partial charge in [0.15, 0.2) is 0 Å². The standard InChI is InChI=1S/C16H24N4O/c1-2-11-3-5-14(6-4-11)20-15-7-12(10-19-16(15)21)13(8-17)9-18/h7-11,14,17,20H,2-6,18H2,1H3,(H,19,21)/b13-9+,17-8?/t11-,14-. The second-order valence-corrected chi connectivity index (χ2v) is 5.67. The third kappa shape index (κ3) is 3.74. The molecule has 0 atom stereocenters. The van der Waals surface area contributed by atoms with Crippen molar-refractivity contribution in [2.45, 2.75) is 45.1 Å². The monoisotopic (exact) mass is 288 g/mol. The van der Waals surface area contributed by atoms with Crippen molar-refractivity contribution >= 4 is 17.5 Å². The predicted molar refractivity (Wildman–Crippen MR) is 87.7 cm³/mol. The average Bonchev–Trinajstić information content (AvgIpc) is 2.52.